The molecule has 2 aliphatic rings. The van der Waals surface area contributed by atoms with Crippen LogP contribution < -0.4 is 10.6 Å². The normalized spacial score (nSPS) is 23.4. The number of halogens is 2. The number of amides is 1. The topological polar surface area (TPSA) is 58.2 Å². The molecule has 4 nitrogen and oxygen atoms in total. The first kappa shape index (κ1) is 17.2. The number of fused-ring (bicyclic) bond motifs is 1. The Morgan fingerprint density at radius 2 is 2.00 bits per heavy atom. The second-order valence-electron chi connectivity index (χ2n) is 6.96. The van der Waals surface area contributed by atoms with Crippen LogP contribution in [0.5, 0.6) is 0 Å². The Kier molecular flexibility index (Phi) is 4.29. The van der Waals surface area contributed by atoms with Crippen molar-refractivity contribution in [2.45, 2.75) is 31.8 Å². The summed E-state index contributed by atoms with van der Waals surface area (Å²) in [6.45, 7) is 1.44. The van der Waals surface area contributed by atoms with Crippen molar-refractivity contribution in [2.75, 3.05) is 5.32 Å². The summed E-state index contributed by atoms with van der Waals surface area (Å²) in [5, 5.41) is 6.27. The second kappa shape index (κ2) is 6.49. The molecule has 4 rings (SSSR count). The molecule has 1 saturated carbocycles. The molecule has 0 radical (unpaired) electrons. The Balaban J connectivity index is 1.62. The van der Waals surface area contributed by atoms with E-state index in [2.05, 4.69) is 10.6 Å². The summed E-state index contributed by atoms with van der Waals surface area (Å²) < 4.78 is 15.0. The Morgan fingerprint density at radius 1 is 1.19 bits per heavy atom. The molecular formula is C20H18ClFN2O2. The molecular weight excluding hydrogens is 355 g/mol. The van der Waals surface area contributed by atoms with Crippen molar-refractivity contribution in [1.29, 1.82) is 0 Å². The fraction of sp³-hybridized carbons (Fsp3) is 0.300. The van der Waals surface area contributed by atoms with Gasteiger partial charge in [-0.05, 0) is 49.9 Å². The number of carbonyl (C=O) groups is 2. The van der Waals surface area contributed by atoms with Gasteiger partial charge in [-0.3, -0.25) is 9.59 Å². The maximum atomic E-state index is 15.0. The minimum Gasteiger partial charge on any atom is -0.322 e. The monoisotopic (exact) mass is 372 g/mol. The number of hydrogen-bond acceptors (Lipinski definition) is 3. The third kappa shape index (κ3) is 3.13. The number of Topliss-reactive ketones (excluding diaryl/α,β-unsaturated/α-hetero) is 1. The predicted octanol–water partition coefficient (Wildman–Crippen LogP) is 4.04. The van der Waals surface area contributed by atoms with Crippen LogP contribution in [0.2, 0.25) is 5.02 Å². The van der Waals surface area contributed by atoms with E-state index in [1.165, 1.54) is 13.0 Å². The van der Waals surface area contributed by atoms with E-state index in [9.17, 15) is 9.59 Å². The van der Waals surface area contributed by atoms with E-state index >= 15 is 4.39 Å². The summed E-state index contributed by atoms with van der Waals surface area (Å²) in [5.74, 6) is -0.336. The van der Waals surface area contributed by atoms with E-state index in [4.69, 9.17) is 11.6 Å². The lowest BCUT2D eigenvalue weighted by Gasteiger charge is -2.15. The van der Waals surface area contributed by atoms with Crippen molar-refractivity contribution in [1.82, 2.24) is 5.32 Å². The van der Waals surface area contributed by atoms with E-state index in [-0.39, 0.29) is 29.0 Å². The molecule has 0 bridgehead atoms. The second-order valence-corrected chi connectivity index (χ2v) is 7.37. The van der Waals surface area contributed by atoms with Crippen LogP contribution in [0.1, 0.15) is 30.1 Å². The quantitative estimate of drug-likeness (QED) is 0.796. The van der Waals surface area contributed by atoms with Gasteiger partial charge in [0.05, 0.1) is 11.7 Å². The van der Waals surface area contributed by atoms with Crippen molar-refractivity contribution in [3.63, 3.8) is 0 Å². The molecule has 6 heteroatoms. The van der Waals surface area contributed by atoms with E-state index in [1.54, 1.807) is 30.3 Å². The third-order valence-electron chi connectivity index (χ3n) is 5.11. The summed E-state index contributed by atoms with van der Waals surface area (Å²) in [4.78, 5) is 24.0. The molecule has 0 spiro atoms. The van der Waals surface area contributed by atoms with Crippen LogP contribution >= 0.6 is 11.6 Å². The summed E-state index contributed by atoms with van der Waals surface area (Å²) >= 11 is 6.21. The van der Waals surface area contributed by atoms with E-state index in [0.29, 0.717) is 28.1 Å². The van der Waals surface area contributed by atoms with Crippen LogP contribution in [0, 0.1) is 11.7 Å². The number of ketones is 1. The van der Waals surface area contributed by atoms with Crippen LogP contribution in [0.4, 0.5) is 10.1 Å². The maximum absolute atomic E-state index is 15.0. The highest BCUT2D eigenvalue weighted by atomic mass is 35.5. The number of piperidine rings is 1. The molecule has 2 N–H and O–H groups in total. The fourth-order valence-corrected chi connectivity index (χ4v) is 3.75. The zero-order chi connectivity index (χ0) is 18.4. The van der Waals surface area contributed by atoms with Crippen LogP contribution in [0.3, 0.4) is 0 Å². The number of carbonyl (C=O) groups excluding carboxylic acids is 2. The van der Waals surface area contributed by atoms with Gasteiger partial charge < -0.3 is 10.6 Å². The van der Waals surface area contributed by atoms with E-state index < -0.39 is 5.82 Å². The lowest BCUT2D eigenvalue weighted by Crippen LogP contribution is -2.38. The van der Waals surface area contributed by atoms with Crippen LogP contribution in [0.25, 0.3) is 11.1 Å². The largest absolute Gasteiger partial charge is 0.322 e. The SMILES string of the molecule is CC(=O)c1ccc(Cl)c(-c2cccc(NC(=O)C3CC4CC4N3)c2F)c1. The molecule has 2 fully saturated rings. The molecule has 2 aromatic carbocycles. The van der Waals surface area contributed by atoms with Crippen molar-refractivity contribution >= 4 is 29.0 Å². The fourth-order valence-electron chi connectivity index (χ4n) is 3.53. The number of rotatable bonds is 4. The van der Waals surface area contributed by atoms with E-state index in [0.717, 1.165) is 12.8 Å². The Hall–Kier alpha value is -2.24. The standard InChI is InChI=1S/C20H18ClFN2O2/c1-10(25)11-5-6-15(21)14(7-11)13-3-2-4-16(19(13)22)24-20(26)18-9-12-8-17(12)23-18/h2-7,12,17-18,23H,8-9H2,1H3,(H,24,26). The number of nitrogens with one attached hydrogen (secondary N) is 2. The minimum atomic E-state index is -0.563. The molecule has 0 aromatic heterocycles. The van der Waals surface area contributed by atoms with Crippen molar-refractivity contribution < 1.29 is 14.0 Å². The van der Waals surface area contributed by atoms with Gasteiger partial charge in [0.1, 0.15) is 0 Å². The van der Waals surface area contributed by atoms with Gasteiger partial charge in [-0.25, -0.2) is 4.39 Å². The van der Waals surface area contributed by atoms with Gasteiger partial charge in [0.2, 0.25) is 5.91 Å². The average molecular weight is 373 g/mol. The average Bonchev–Trinajstić information content (AvgIpc) is 3.22. The Bertz CT molecular complexity index is 905. The molecule has 3 unspecified atom stereocenters. The number of anilines is 1. The predicted molar refractivity (Wildman–Crippen MR) is 98.9 cm³/mol. The van der Waals surface area contributed by atoms with Gasteiger partial charge in [0.25, 0.3) is 0 Å². The van der Waals surface area contributed by atoms with Gasteiger partial charge in [0.15, 0.2) is 11.6 Å². The van der Waals surface area contributed by atoms with Gasteiger partial charge in [0, 0.05) is 27.8 Å². The highest BCUT2D eigenvalue weighted by Gasteiger charge is 2.47. The summed E-state index contributed by atoms with van der Waals surface area (Å²) in [5.41, 5.74) is 1.23. The Labute approximate surface area is 155 Å². The first-order chi connectivity index (χ1) is 12.4. The number of hydrogen-bond donors (Lipinski definition) is 2. The number of benzene rings is 2. The minimum absolute atomic E-state index is 0.110. The molecule has 1 saturated heterocycles. The van der Waals surface area contributed by atoms with Crippen LogP contribution in [-0.2, 0) is 4.79 Å². The molecule has 1 heterocycles. The molecule has 3 atom stereocenters. The highest BCUT2D eigenvalue weighted by molar-refractivity contribution is 6.33. The molecule has 1 aliphatic heterocycles. The summed E-state index contributed by atoms with van der Waals surface area (Å²) in [7, 11) is 0. The van der Waals surface area contributed by atoms with Crippen LogP contribution in [-0.4, -0.2) is 23.8 Å². The van der Waals surface area contributed by atoms with Crippen molar-refractivity contribution in [3.05, 3.63) is 52.8 Å². The Morgan fingerprint density at radius 3 is 2.69 bits per heavy atom. The zero-order valence-corrected chi connectivity index (χ0v) is 14.9. The lowest BCUT2D eigenvalue weighted by molar-refractivity contribution is -0.118. The van der Waals surface area contributed by atoms with E-state index in [1.807, 2.05) is 0 Å². The third-order valence-corrected chi connectivity index (χ3v) is 5.44. The first-order valence-electron chi connectivity index (χ1n) is 8.60. The molecule has 1 amide bonds. The van der Waals surface area contributed by atoms with Crippen molar-refractivity contribution in [2.24, 2.45) is 5.92 Å². The first-order valence-corrected chi connectivity index (χ1v) is 8.98. The van der Waals surface area contributed by atoms with Crippen LogP contribution in [0.15, 0.2) is 36.4 Å². The van der Waals surface area contributed by atoms with Gasteiger partial charge in [-0.2, -0.15) is 0 Å². The molecule has 134 valence electrons. The molecule has 2 aromatic rings. The van der Waals surface area contributed by atoms with Gasteiger partial charge in [-0.1, -0.05) is 23.7 Å². The highest BCUT2D eigenvalue weighted by Crippen LogP contribution is 2.41. The lowest BCUT2D eigenvalue weighted by atomic mass is 10.00. The smallest absolute Gasteiger partial charge is 0.241 e. The van der Waals surface area contributed by atoms with Gasteiger partial charge >= 0.3 is 0 Å². The summed E-state index contributed by atoms with van der Waals surface area (Å²) in [6.07, 6.45) is 1.92. The summed E-state index contributed by atoms with van der Waals surface area (Å²) in [6, 6.07) is 9.68. The molecule has 26 heavy (non-hydrogen) atoms. The van der Waals surface area contributed by atoms with Gasteiger partial charge in [-0.15, -0.1) is 0 Å². The van der Waals surface area contributed by atoms with Crippen molar-refractivity contribution in [3.8, 4) is 11.1 Å². The maximum Gasteiger partial charge on any atom is 0.241 e. The molecule has 1 aliphatic carbocycles. The zero-order valence-electron chi connectivity index (χ0n) is 14.2.